The third kappa shape index (κ3) is 1.84. The van der Waals surface area contributed by atoms with Crippen molar-refractivity contribution in [1.82, 2.24) is 4.57 Å². The molecule has 0 aliphatic heterocycles. The normalized spacial score (nSPS) is 10.5. The van der Waals surface area contributed by atoms with Crippen LogP contribution in [-0.4, -0.2) is 4.57 Å². The smallest absolute Gasteiger partial charge is 0.0488 e. The highest BCUT2D eigenvalue weighted by molar-refractivity contribution is 5.69. The Morgan fingerprint density at radius 3 is 2.22 bits per heavy atom. The van der Waals surface area contributed by atoms with Crippen LogP contribution in [-0.2, 0) is 7.05 Å². The Bertz CT molecular complexity index is 579. The molecule has 0 bridgehead atoms. The molecule has 1 heteroatoms. The largest absolute Gasteiger partial charge is 0.344 e. The minimum Gasteiger partial charge on any atom is -0.344 e. The van der Waals surface area contributed by atoms with Crippen molar-refractivity contribution in [2.24, 2.45) is 7.05 Å². The van der Waals surface area contributed by atoms with Crippen LogP contribution in [0.1, 0.15) is 0 Å². The van der Waals surface area contributed by atoms with Crippen molar-refractivity contribution in [3.05, 3.63) is 72.8 Å². The van der Waals surface area contributed by atoms with E-state index in [1.165, 1.54) is 17.0 Å². The fourth-order valence-electron chi connectivity index (χ4n) is 2.23. The predicted octanol–water partition coefficient (Wildman–Crippen LogP) is 4.16. The van der Waals surface area contributed by atoms with Gasteiger partial charge in [0.25, 0.3) is 0 Å². The van der Waals surface area contributed by atoms with Crippen molar-refractivity contribution < 1.29 is 0 Å². The molecule has 0 saturated heterocycles. The summed E-state index contributed by atoms with van der Waals surface area (Å²) >= 11 is 0. The average molecular weight is 232 g/mol. The van der Waals surface area contributed by atoms with Gasteiger partial charge in [0.05, 0.1) is 0 Å². The first kappa shape index (κ1) is 10.8. The summed E-state index contributed by atoms with van der Waals surface area (Å²) in [6, 6.07) is 26.1. The highest BCUT2D eigenvalue weighted by Gasteiger charge is 2.07. The van der Waals surface area contributed by atoms with Crippen LogP contribution in [0.3, 0.4) is 0 Å². The molecule has 0 fully saturated rings. The van der Waals surface area contributed by atoms with E-state index in [0.717, 1.165) is 5.56 Å². The third-order valence-corrected chi connectivity index (χ3v) is 3.18. The summed E-state index contributed by atoms with van der Waals surface area (Å²) in [5, 5.41) is 0. The quantitative estimate of drug-likeness (QED) is 0.625. The first-order chi connectivity index (χ1) is 8.86. The van der Waals surface area contributed by atoms with Gasteiger partial charge in [-0.3, -0.25) is 0 Å². The number of hydrogen-bond acceptors (Lipinski definition) is 0. The standard InChI is InChI=1S/C17H14N/c1-18-16(14-8-4-2-5-9-14)12-13-17(18)15-10-6-3-7-11-15/h2-10,12-13H,1H3. The van der Waals surface area contributed by atoms with E-state index in [-0.39, 0.29) is 0 Å². The number of nitrogens with zero attached hydrogens (tertiary/aromatic N) is 1. The summed E-state index contributed by atoms with van der Waals surface area (Å²) in [6.45, 7) is 0. The van der Waals surface area contributed by atoms with Gasteiger partial charge < -0.3 is 4.57 Å². The first-order valence-corrected chi connectivity index (χ1v) is 6.04. The van der Waals surface area contributed by atoms with Crippen molar-refractivity contribution in [1.29, 1.82) is 0 Å². The molecule has 0 N–H and O–H groups in total. The molecule has 1 heterocycles. The van der Waals surface area contributed by atoms with Gasteiger partial charge in [0.1, 0.15) is 0 Å². The molecular weight excluding hydrogens is 218 g/mol. The van der Waals surface area contributed by atoms with Gasteiger partial charge >= 0.3 is 0 Å². The van der Waals surface area contributed by atoms with E-state index in [4.69, 9.17) is 0 Å². The van der Waals surface area contributed by atoms with Crippen LogP contribution in [0.25, 0.3) is 22.5 Å². The Labute approximate surface area is 107 Å². The minimum absolute atomic E-state index is 1.13. The summed E-state index contributed by atoms with van der Waals surface area (Å²) in [5.74, 6) is 0. The van der Waals surface area contributed by atoms with Crippen LogP contribution >= 0.6 is 0 Å². The van der Waals surface area contributed by atoms with E-state index in [0.29, 0.717) is 0 Å². The van der Waals surface area contributed by atoms with E-state index in [1.54, 1.807) is 0 Å². The Morgan fingerprint density at radius 2 is 1.50 bits per heavy atom. The molecule has 0 saturated carbocycles. The Hall–Kier alpha value is -2.28. The topological polar surface area (TPSA) is 4.93 Å². The van der Waals surface area contributed by atoms with E-state index >= 15 is 0 Å². The van der Waals surface area contributed by atoms with Gasteiger partial charge in [-0.1, -0.05) is 54.6 Å². The summed E-state index contributed by atoms with van der Waals surface area (Å²) in [4.78, 5) is 0. The van der Waals surface area contributed by atoms with Gasteiger partial charge in [-0.15, -0.1) is 0 Å². The Morgan fingerprint density at radius 1 is 0.778 bits per heavy atom. The molecule has 0 spiro atoms. The molecule has 0 atom stereocenters. The lowest BCUT2D eigenvalue weighted by atomic mass is 10.1. The molecule has 1 nitrogen and oxygen atoms in total. The molecular formula is C17H14N. The van der Waals surface area contributed by atoms with Crippen LogP contribution in [0, 0.1) is 6.07 Å². The lowest BCUT2D eigenvalue weighted by molar-refractivity contribution is 0.946. The zero-order valence-electron chi connectivity index (χ0n) is 10.3. The maximum atomic E-state index is 3.27. The van der Waals surface area contributed by atoms with Crippen LogP contribution in [0.5, 0.6) is 0 Å². The molecule has 87 valence electrons. The molecule has 3 rings (SSSR count). The van der Waals surface area contributed by atoms with E-state index in [1.807, 2.05) is 24.3 Å². The average Bonchev–Trinajstić information content (AvgIpc) is 2.83. The van der Waals surface area contributed by atoms with Gasteiger partial charge in [0.2, 0.25) is 0 Å². The molecule has 0 aliphatic carbocycles. The molecule has 0 aliphatic rings. The fraction of sp³-hybridized carbons (Fsp3) is 0.0588. The minimum atomic E-state index is 1.13. The predicted molar refractivity (Wildman–Crippen MR) is 75.1 cm³/mol. The molecule has 1 aromatic heterocycles. The Kier molecular flexibility index (Phi) is 2.73. The number of aromatic nitrogens is 1. The molecule has 2 aromatic carbocycles. The van der Waals surface area contributed by atoms with Gasteiger partial charge in [0, 0.05) is 24.0 Å². The van der Waals surface area contributed by atoms with E-state index < -0.39 is 0 Å². The summed E-state index contributed by atoms with van der Waals surface area (Å²) in [7, 11) is 2.10. The third-order valence-electron chi connectivity index (χ3n) is 3.18. The highest BCUT2D eigenvalue weighted by atomic mass is 15.0. The SMILES string of the molecule is Cn1c(-c2[c]cccc2)ccc1-c1ccccc1. The van der Waals surface area contributed by atoms with Crippen LogP contribution in [0.15, 0.2) is 66.7 Å². The van der Waals surface area contributed by atoms with Crippen LogP contribution < -0.4 is 0 Å². The number of rotatable bonds is 2. The zero-order valence-corrected chi connectivity index (χ0v) is 10.3. The molecule has 0 amide bonds. The maximum Gasteiger partial charge on any atom is 0.0488 e. The van der Waals surface area contributed by atoms with Crippen molar-refractivity contribution in [2.45, 2.75) is 0 Å². The second kappa shape index (κ2) is 4.53. The second-order valence-corrected chi connectivity index (χ2v) is 4.31. The Balaban J connectivity index is 2.09. The maximum absolute atomic E-state index is 3.27. The van der Waals surface area contributed by atoms with Gasteiger partial charge in [-0.05, 0) is 23.8 Å². The molecule has 0 unspecified atom stereocenters. The number of benzene rings is 2. The van der Waals surface area contributed by atoms with Gasteiger partial charge in [-0.2, -0.15) is 0 Å². The van der Waals surface area contributed by atoms with Crippen molar-refractivity contribution >= 4 is 0 Å². The summed E-state index contributed by atoms with van der Waals surface area (Å²) < 4.78 is 2.21. The monoisotopic (exact) mass is 232 g/mol. The number of hydrogen-bond donors (Lipinski definition) is 0. The van der Waals surface area contributed by atoms with Crippen LogP contribution in [0.4, 0.5) is 0 Å². The van der Waals surface area contributed by atoms with Crippen molar-refractivity contribution in [2.75, 3.05) is 0 Å². The summed E-state index contributed by atoms with van der Waals surface area (Å²) in [5.41, 5.74) is 4.78. The zero-order chi connectivity index (χ0) is 12.4. The lowest BCUT2D eigenvalue weighted by Gasteiger charge is -2.07. The first-order valence-electron chi connectivity index (χ1n) is 6.04. The summed E-state index contributed by atoms with van der Waals surface area (Å²) in [6.07, 6.45) is 0. The van der Waals surface area contributed by atoms with Gasteiger partial charge in [-0.25, -0.2) is 0 Å². The van der Waals surface area contributed by atoms with Crippen molar-refractivity contribution in [3.63, 3.8) is 0 Å². The highest BCUT2D eigenvalue weighted by Crippen LogP contribution is 2.27. The lowest BCUT2D eigenvalue weighted by Crippen LogP contribution is -1.94. The van der Waals surface area contributed by atoms with E-state index in [2.05, 4.69) is 60.1 Å². The second-order valence-electron chi connectivity index (χ2n) is 4.31. The van der Waals surface area contributed by atoms with Gasteiger partial charge in [0.15, 0.2) is 0 Å². The van der Waals surface area contributed by atoms with E-state index in [9.17, 15) is 0 Å². The molecule has 1 radical (unpaired) electrons. The van der Waals surface area contributed by atoms with Crippen molar-refractivity contribution in [3.8, 4) is 22.5 Å². The van der Waals surface area contributed by atoms with Crippen LogP contribution in [0.2, 0.25) is 0 Å². The molecule has 18 heavy (non-hydrogen) atoms. The molecule has 3 aromatic rings. The fourth-order valence-corrected chi connectivity index (χ4v) is 2.23.